The third-order valence-electron chi connectivity index (χ3n) is 4.04. The van der Waals surface area contributed by atoms with Gasteiger partial charge in [0, 0.05) is 0 Å². The number of hydrogen-bond acceptors (Lipinski definition) is 6. The average molecular weight is 332 g/mol. The first-order chi connectivity index (χ1) is 11.6. The molecule has 5 atom stereocenters. The highest BCUT2D eigenvalue weighted by Gasteiger charge is 2.44. The van der Waals surface area contributed by atoms with Gasteiger partial charge in [-0.1, -0.05) is 42.5 Å². The SMILES string of the molecule is OCC1OC(Oc2cccc(-c3ccccc3)c2)C(O)C(O)C1O. The van der Waals surface area contributed by atoms with Gasteiger partial charge < -0.3 is 29.9 Å². The zero-order valence-corrected chi connectivity index (χ0v) is 12.9. The Bertz CT molecular complexity index is 660. The summed E-state index contributed by atoms with van der Waals surface area (Å²) in [5, 5.41) is 38.8. The fourth-order valence-corrected chi connectivity index (χ4v) is 2.68. The molecular weight excluding hydrogens is 312 g/mol. The first-order valence-electron chi connectivity index (χ1n) is 7.73. The number of ether oxygens (including phenoxy) is 2. The minimum absolute atomic E-state index is 0.445. The number of rotatable bonds is 4. The van der Waals surface area contributed by atoms with Crippen LogP contribution in [0.25, 0.3) is 11.1 Å². The minimum atomic E-state index is -1.46. The predicted molar refractivity (Wildman–Crippen MR) is 86.3 cm³/mol. The van der Waals surface area contributed by atoms with Gasteiger partial charge in [-0.25, -0.2) is 0 Å². The largest absolute Gasteiger partial charge is 0.462 e. The van der Waals surface area contributed by atoms with Gasteiger partial charge in [0.05, 0.1) is 6.61 Å². The van der Waals surface area contributed by atoms with Gasteiger partial charge in [-0.15, -0.1) is 0 Å². The van der Waals surface area contributed by atoms with Crippen molar-refractivity contribution in [3.05, 3.63) is 54.6 Å². The molecule has 24 heavy (non-hydrogen) atoms. The minimum Gasteiger partial charge on any atom is -0.462 e. The second-order valence-electron chi connectivity index (χ2n) is 5.71. The van der Waals surface area contributed by atoms with Gasteiger partial charge in [-0.3, -0.25) is 0 Å². The zero-order chi connectivity index (χ0) is 17.1. The Balaban J connectivity index is 1.78. The lowest BCUT2D eigenvalue weighted by molar-refractivity contribution is -0.277. The van der Waals surface area contributed by atoms with Crippen LogP contribution in [0, 0.1) is 0 Å². The lowest BCUT2D eigenvalue weighted by Gasteiger charge is -2.39. The van der Waals surface area contributed by atoms with E-state index in [9.17, 15) is 20.4 Å². The van der Waals surface area contributed by atoms with Gasteiger partial charge in [0.2, 0.25) is 6.29 Å². The fraction of sp³-hybridized carbons (Fsp3) is 0.333. The second kappa shape index (κ2) is 7.29. The topological polar surface area (TPSA) is 99.4 Å². The van der Waals surface area contributed by atoms with Crippen molar-refractivity contribution in [1.29, 1.82) is 0 Å². The molecule has 6 heteroatoms. The predicted octanol–water partition coefficient (Wildman–Crippen LogP) is 0.532. The molecule has 1 fully saturated rings. The summed E-state index contributed by atoms with van der Waals surface area (Å²) < 4.78 is 11.0. The number of benzene rings is 2. The van der Waals surface area contributed by atoms with Crippen molar-refractivity contribution in [2.45, 2.75) is 30.7 Å². The summed E-state index contributed by atoms with van der Waals surface area (Å²) in [6.07, 6.45) is -6.47. The van der Waals surface area contributed by atoms with Crippen LogP contribution in [-0.4, -0.2) is 57.7 Å². The molecule has 0 spiro atoms. The molecular formula is C18H20O6. The summed E-state index contributed by atoms with van der Waals surface area (Å²) in [6.45, 7) is -0.491. The van der Waals surface area contributed by atoms with Gasteiger partial charge in [-0.05, 0) is 23.3 Å². The molecule has 1 aliphatic rings. The van der Waals surface area contributed by atoms with Crippen LogP contribution >= 0.6 is 0 Å². The van der Waals surface area contributed by atoms with E-state index in [0.717, 1.165) is 11.1 Å². The Kier molecular flexibility index (Phi) is 5.13. The van der Waals surface area contributed by atoms with E-state index in [-0.39, 0.29) is 0 Å². The van der Waals surface area contributed by atoms with E-state index in [1.807, 2.05) is 42.5 Å². The van der Waals surface area contributed by atoms with E-state index < -0.39 is 37.3 Å². The maximum atomic E-state index is 10.0. The Morgan fingerprint density at radius 2 is 1.54 bits per heavy atom. The molecule has 0 aromatic heterocycles. The summed E-state index contributed by atoms with van der Waals surface area (Å²) in [5.74, 6) is 0.445. The summed E-state index contributed by atoms with van der Waals surface area (Å²) in [6, 6.07) is 16.9. The van der Waals surface area contributed by atoms with Crippen molar-refractivity contribution < 1.29 is 29.9 Å². The van der Waals surface area contributed by atoms with Crippen LogP contribution in [0.4, 0.5) is 0 Å². The van der Waals surface area contributed by atoms with Crippen LogP contribution in [-0.2, 0) is 4.74 Å². The highest BCUT2D eigenvalue weighted by molar-refractivity contribution is 5.64. The summed E-state index contributed by atoms with van der Waals surface area (Å²) in [5.41, 5.74) is 1.94. The van der Waals surface area contributed by atoms with Crippen molar-refractivity contribution in [2.24, 2.45) is 0 Å². The highest BCUT2D eigenvalue weighted by Crippen LogP contribution is 2.27. The Morgan fingerprint density at radius 3 is 2.25 bits per heavy atom. The highest BCUT2D eigenvalue weighted by atomic mass is 16.7. The standard InChI is InChI=1S/C18H20O6/c19-10-14-15(20)16(21)17(22)18(24-14)23-13-8-4-7-12(9-13)11-5-2-1-3-6-11/h1-9,14-22H,10H2. The third-order valence-corrected chi connectivity index (χ3v) is 4.04. The molecule has 1 heterocycles. The molecule has 2 aromatic rings. The van der Waals surface area contributed by atoms with Gasteiger partial charge in [-0.2, -0.15) is 0 Å². The van der Waals surface area contributed by atoms with Crippen molar-refractivity contribution in [3.8, 4) is 16.9 Å². The molecule has 0 radical (unpaired) electrons. The molecule has 1 aliphatic heterocycles. The van der Waals surface area contributed by atoms with E-state index in [1.165, 1.54) is 0 Å². The Labute approximate surface area is 139 Å². The molecule has 2 aromatic carbocycles. The molecule has 6 nitrogen and oxygen atoms in total. The van der Waals surface area contributed by atoms with Gasteiger partial charge in [0.1, 0.15) is 30.2 Å². The van der Waals surface area contributed by atoms with Crippen LogP contribution in [0.5, 0.6) is 5.75 Å². The van der Waals surface area contributed by atoms with E-state index in [4.69, 9.17) is 9.47 Å². The van der Waals surface area contributed by atoms with Crippen molar-refractivity contribution in [3.63, 3.8) is 0 Å². The molecule has 128 valence electrons. The number of aliphatic hydroxyl groups excluding tert-OH is 4. The maximum absolute atomic E-state index is 10.0. The van der Waals surface area contributed by atoms with Crippen molar-refractivity contribution in [1.82, 2.24) is 0 Å². The molecule has 4 N–H and O–H groups in total. The zero-order valence-electron chi connectivity index (χ0n) is 12.9. The van der Waals surface area contributed by atoms with Crippen molar-refractivity contribution in [2.75, 3.05) is 6.61 Å². The molecule has 0 aliphatic carbocycles. The van der Waals surface area contributed by atoms with Crippen LogP contribution in [0.1, 0.15) is 0 Å². The first kappa shape index (κ1) is 16.9. The average Bonchev–Trinajstić information content (AvgIpc) is 2.63. The molecule has 5 unspecified atom stereocenters. The van der Waals surface area contributed by atoms with E-state index in [1.54, 1.807) is 12.1 Å². The van der Waals surface area contributed by atoms with E-state index >= 15 is 0 Å². The molecule has 0 bridgehead atoms. The molecule has 0 amide bonds. The van der Waals surface area contributed by atoms with Gasteiger partial charge >= 0.3 is 0 Å². The second-order valence-corrected chi connectivity index (χ2v) is 5.71. The molecule has 3 rings (SSSR count). The van der Waals surface area contributed by atoms with Crippen LogP contribution in [0.15, 0.2) is 54.6 Å². The number of aliphatic hydroxyl groups is 4. The lowest BCUT2D eigenvalue weighted by atomic mass is 9.99. The fourth-order valence-electron chi connectivity index (χ4n) is 2.68. The summed E-state index contributed by atoms with van der Waals surface area (Å²) >= 11 is 0. The van der Waals surface area contributed by atoms with Crippen LogP contribution in [0.3, 0.4) is 0 Å². The monoisotopic (exact) mass is 332 g/mol. The lowest BCUT2D eigenvalue weighted by Crippen LogP contribution is -2.60. The quantitative estimate of drug-likeness (QED) is 0.652. The maximum Gasteiger partial charge on any atom is 0.229 e. The van der Waals surface area contributed by atoms with Gasteiger partial charge in [0.25, 0.3) is 0 Å². The smallest absolute Gasteiger partial charge is 0.229 e. The first-order valence-corrected chi connectivity index (χ1v) is 7.73. The van der Waals surface area contributed by atoms with Gasteiger partial charge in [0.15, 0.2) is 0 Å². The Morgan fingerprint density at radius 1 is 0.833 bits per heavy atom. The van der Waals surface area contributed by atoms with Crippen LogP contribution in [0.2, 0.25) is 0 Å². The number of hydrogen-bond donors (Lipinski definition) is 4. The van der Waals surface area contributed by atoms with Crippen molar-refractivity contribution >= 4 is 0 Å². The van der Waals surface area contributed by atoms with Crippen LogP contribution < -0.4 is 4.74 Å². The molecule has 1 saturated heterocycles. The summed E-state index contributed by atoms with van der Waals surface area (Å²) in [7, 11) is 0. The summed E-state index contributed by atoms with van der Waals surface area (Å²) in [4.78, 5) is 0. The molecule has 0 saturated carbocycles. The van der Waals surface area contributed by atoms with E-state index in [2.05, 4.69) is 0 Å². The van der Waals surface area contributed by atoms with E-state index in [0.29, 0.717) is 5.75 Å². The normalized spacial score (nSPS) is 30.1. The Hall–Kier alpha value is -1.96. The third kappa shape index (κ3) is 3.43.